The SMILES string of the molecule is Cc1c(C#N)c(NC(=O)CSc2nnnn2C2CC2)n(-c2cccc(F)c2)c1C. The van der Waals surface area contributed by atoms with Gasteiger partial charge in [-0.3, -0.25) is 9.36 Å². The fourth-order valence-electron chi connectivity index (χ4n) is 3.13. The van der Waals surface area contributed by atoms with Gasteiger partial charge in [-0.2, -0.15) is 5.26 Å². The third-order valence-corrected chi connectivity index (χ3v) is 5.77. The molecule has 0 aliphatic heterocycles. The molecule has 10 heteroatoms. The average Bonchev–Trinajstić information content (AvgIpc) is 3.38. The van der Waals surface area contributed by atoms with Crippen LogP contribution in [0.1, 0.15) is 35.7 Å². The Morgan fingerprint density at radius 2 is 2.21 bits per heavy atom. The second kappa shape index (κ2) is 7.67. The van der Waals surface area contributed by atoms with E-state index in [2.05, 4.69) is 26.9 Å². The number of amides is 1. The van der Waals surface area contributed by atoms with Crippen molar-refractivity contribution in [2.24, 2.45) is 0 Å². The lowest BCUT2D eigenvalue weighted by atomic mass is 10.2. The van der Waals surface area contributed by atoms with Gasteiger partial charge in [0.15, 0.2) is 0 Å². The normalized spacial score (nSPS) is 13.3. The molecule has 0 bridgehead atoms. The summed E-state index contributed by atoms with van der Waals surface area (Å²) in [4.78, 5) is 12.6. The van der Waals surface area contributed by atoms with Gasteiger partial charge in [-0.15, -0.1) is 5.10 Å². The Balaban J connectivity index is 1.59. The quantitative estimate of drug-likeness (QED) is 0.625. The van der Waals surface area contributed by atoms with Gasteiger partial charge in [-0.05, 0) is 60.9 Å². The van der Waals surface area contributed by atoms with Crippen LogP contribution in [0.25, 0.3) is 5.69 Å². The third-order valence-electron chi connectivity index (χ3n) is 4.84. The highest BCUT2D eigenvalue weighted by atomic mass is 32.2. The Morgan fingerprint density at radius 1 is 1.41 bits per heavy atom. The van der Waals surface area contributed by atoms with Crippen molar-refractivity contribution in [2.45, 2.75) is 37.9 Å². The van der Waals surface area contributed by atoms with Crippen LogP contribution in [0.2, 0.25) is 0 Å². The van der Waals surface area contributed by atoms with Crippen molar-refractivity contribution in [1.29, 1.82) is 5.26 Å². The van der Waals surface area contributed by atoms with Crippen molar-refractivity contribution in [3.63, 3.8) is 0 Å². The maximum Gasteiger partial charge on any atom is 0.236 e. The van der Waals surface area contributed by atoms with E-state index in [0.29, 0.717) is 28.3 Å². The summed E-state index contributed by atoms with van der Waals surface area (Å²) in [6, 6.07) is 8.48. The van der Waals surface area contributed by atoms with Crippen molar-refractivity contribution in [2.75, 3.05) is 11.1 Å². The van der Waals surface area contributed by atoms with Gasteiger partial charge in [-0.25, -0.2) is 9.07 Å². The summed E-state index contributed by atoms with van der Waals surface area (Å²) in [6.07, 6.45) is 2.08. The summed E-state index contributed by atoms with van der Waals surface area (Å²) < 4.78 is 17.2. The first-order valence-corrected chi connectivity index (χ1v) is 10.1. The summed E-state index contributed by atoms with van der Waals surface area (Å²) in [7, 11) is 0. The molecule has 2 aromatic heterocycles. The van der Waals surface area contributed by atoms with E-state index in [0.717, 1.165) is 24.1 Å². The summed E-state index contributed by atoms with van der Waals surface area (Å²) in [5.74, 6) is -0.274. The number of rotatable bonds is 6. The minimum atomic E-state index is -0.397. The van der Waals surface area contributed by atoms with Crippen LogP contribution < -0.4 is 5.32 Å². The van der Waals surface area contributed by atoms with Gasteiger partial charge >= 0.3 is 0 Å². The monoisotopic (exact) mass is 411 g/mol. The Hall–Kier alpha value is -3.19. The Kier molecular flexibility index (Phi) is 5.07. The van der Waals surface area contributed by atoms with E-state index in [1.807, 2.05) is 6.92 Å². The number of halogens is 1. The maximum absolute atomic E-state index is 13.8. The van der Waals surface area contributed by atoms with Gasteiger partial charge < -0.3 is 5.32 Å². The zero-order chi connectivity index (χ0) is 20.5. The van der Waals surface area contributed by atoms with Crippen LogP contribution in [-0.2, 0) is 4.79 Å². The molecule has 1 aromatic carbocycles. The van der Waals surface area contributed by atoms with Crippen LogP contribution in [-0.4, -0.2) is 36.4 Å². The van der Waals surface area contributed by atoms with Crippen LogP contribution >= 0.6 is 11.8 Å². The average molecular weight is 411 g/mol. The first-order chi connectivity index (χ1) is 14.0. The molecule has 0 radical (unpaired) electrons. The molecule has 29 heavy (non-hydrogen) atoms. The van der Waals surface area contributed by atoms with E-state index in [4.69, 9.17) is 0 Å². The van der Waals surface area contributed by atoms with E-state index >= 15 is 0 Å². The maximum atomic E-state index is 13.8. The highest BCUT2D eigenvalue weighted by Crippen LogP contribution is 2.36. The number of thioether (sulfide) groups is 1. The Morgan fingerprint density at radius 3 is 2.90 bits per heavy atom. The molecule has 0 saturated heterocycles. The lowest BCUT2D eigenvalue weighted by Crippen LogP contribution is -2.18. The molecule has 4 rings (SSSR count). The first-order valence-electron chi connectivity index (χ1n) is 9.08. The van der Waals surface area contributed by atoms with Gasteiger partial charge in [0.1, 0.15) is 17.7 Å². The molecule has 0 unspecified atom stereocenters. The molecule has 1 amide bonds. The smallest absolute Gasteiger partial charge is 0.236 e. The van der Waals surface area contributed by atoms with Crippen molar-refractivity contribution in [3.8, 4) is 11.8 Å². The number of aromatic nitrogens is 5. The van der Waals surface area contributed by atoms with E-state index in [-0.39, 0.29) is 11.7 Å². The molecule has 0 spiro atoms. The largest absolute Gasteiger partial charge is 0.310 e. The van der Waals surface area contributed by atoms with Crippen LogP contribution in [0.4, 0.5) is 10.2 Å². The molecular formula is C19H18FN7OS. The number of nitrogens with zero attached hydrogens (tertiary/aromatic N) is 6. The van der Waals surface area contributed by atoms with Crippen LogP contribution in [0, 0.1) is 31.0 Å². The lowest BCUT2D eigenvalue weighted by molar-refractivity contribution is -0.113. The van der Waals surface area contributed by atoms with E-state index in [1.54, 1.807) is 28.3 Å². The molecule has 148 valence electrons. The number of carbonyl (C=O) groups is 1. The topological polar surface area (TPSA) is 101 Å². The predicted octanol–water partition coefficient (Wildman–Crippen LogP) is 3.16. The minimum absolute atomic E-state index is 0.0877. The second-order valence-corrected chi connectivity index (χ2v) is 7.78. The molecule has 8 nitrogen and oxygen atoms in total. The fourth-order valence-corrected chi connectivity index (χ4v) is 3.87. The number of nitrogens with one attached hydrogen (secondary N) is 1. The molecule has 1 aliphatic carbocycles. The van der Waals surface area contributed by atoms with Gasteiger partial charge in [-0.1, -0.05) is 17.8 Å². The van der Waals surface area contributed by atoms with Crippen LogP contribution in [0.3, 0.4) is 0 Å². The number of carbonyl (C=O) groups excluding carboxylic acids is 1. The fraction of sp³-hybridized carbons (Fsp3) is 0.316. The lowest BCUT2D eigenvalue weighted by Gasteiger charge is -2.13. The first kappa shape index (κ1) is 19.1. The van der Waals surface area contributed by atoms with Gasteiger partial charge in [0.25, 0.3) is 0 Å². The number of hydrogen-bond acceptors (Lipinski definition) is 6. The standard InChI is InChI=1S/C19H18FN7OS/c1-11-12(2)26(15-5-3-4-13(20)8-15)18(16(11)9-21)22-17(28)10-29-19-23-24-25-27(19)14-6-7-14/h3-5,8,14H,6-7,10H2,1-2H3,(H,22,28). The predicted molar refractivity (Wildman–Crippen MR) is 105 cm³/mol. The summed E-state index contributed by atoms with van der Waals surface area (Å²) in [5, 5.41) is 24.6. The van der Waals surface area contributed by atoms with Crippen molar-refractivity contribution in [3.05, 3.63) is 46.9 Å². The molecular weight excluding hydrogens is 393 g/mol. The van der Waals surface area contributed by atoms with Crippen molar-refractivity contribution < 1.29 is 9.18 Å². The molecule has 3 aromatic rings. The molecule has 1 saturated carbocycles. The van der Waals surface area contributed by atoms with Crippen LogP contribution in [0.5, 0.6) is 0 Å². The van der Waals surface area contributed by atoms with E-state index < -0.39 is 5.82 Å². The van der Waals surface area contributed by atoms with Crippen molar-refractivity contribution in [1.82, 2.24) is 24.8 Å². The molecule has 1 aliphatic rings. The van der Waals surface area contributed by atoms with Gasteiger partial charge in [0, 0.05) is 5.69 Å². The summed E-state index contributed by atoms with van der Waals surface area (Å²) in [5.41, 5.74) is 2.38. The molecule has 1 fully saturated rings. The Bertz CT molecular complexity index is 1130. The molecule has 0 atom stereocenters. The number of anilines is 1. The number of nitriles is 1. The minimum Gasteiger partial charge on any atom is -0.310 e. The Labute approximate surface area is 170 Å². The zero-order valence-electron chi connectivity index (χ0n) is 15.9. The molecule has 1 N–H and O–H groups in total. The van der Waals surface area contributed by atoms with Crippen molar-refractivity contribution >= 4 is 23.5 Å². The van der Waals surface area contributed by atoms with Gasteiger partial charge in [0.05, 0.1) is 23.0 Å². The number of hydrogen-bond donors (Lipinski definition) is 1. The summed E-state index contributed by atoms with van der Waals surface area (Å²) >= 11 is 1.24. The summed E-state index contributed by atoms with van der Waals surface area (Å²) in [6.45, 7) is 3.63. The van der Waals surface area contributed by atoms with E-state index in [1.165, 1.54) is 23.9 Å². The third kappa shape index (κ3) is 3.73. The number of tetrazole rings is 1. The second-order valence-electron chi connectivity index (χ2n) is 6.84. The number of benzene rings is 1. The van der Waals surface area contributed by atoms with Crippen LogP contribution in [0.15, 0.2) is 29.4 Å². The zero-order valence-corrected chi connectivity index (χ0v) is 16.7. The highest BCUT2D eigenvalue weighted by Gasteiger charge is 2.28. The van der Waals surface area contributed by atoms with Gasteiger partial charge in [0.2, 0.25) is 11.1 Å². The molecule has 2 heterocycles. The highest BCUT2D eigenvalue weighted by molar-refractivity contribution is 7.99. The van der Waals surface area contributed by atoms with E-state index in [9.17, 15) is 14.4 Å².